The third-order valence-electron chi connectivity index (χ3n) is 5.02. The van der Waals surface area contributed by atoms with Crippen molar-refractivity contribution in [1.82, 2.24) is 10.2 Å². The SMILES string of the molecule is CC1(C)CC1C(=O)NCC(O)CN1CCc2ccccc2C1. The van der Waals surface area contributed by atoms with E-state index in [1.165, 1.54) is 11.1 Å². The highest BCUT2D eigenvalue weighted by molar-refractivity contribution is 5.82. The molecule has 2 N–H and O–H groups in total. The standard InChI is InChI=1S/C18H26N2O2/c1-18(2)9-16(18)17(22)19-10-15(21)12-20-8-7-13-5-3-4-6-14(13)11-20/h3-6,15-16,21H,7-12H2,1-2H3,(H,19,22). The molecule has 1 aromatic rings. The third-order valence-corrected chi connectivity index (χ3v) is 5.02. The summed E-state index contributed by atoms with van der Waals surface area (Å²) in [5, 5.41) is 13.1. The summed E-state index contributed by atoms with van der Waals surface area (Å²) in [4.78, 5) is 14.2. The number of hydrogen-bond donors (Lipinski definition) is 2. The van der Waals surface area contributed by atoms with Crippen LogP contribution in [0.3, 0.4) is 0 Å². The quantitative estimate of drug-likeness (QED) is 0.868. The van der Waals surface area contributed by atoms with Crippen LogP contribution in [0, 0.1) is 11.3 Å². The lowest BCUT2D eigenvalue weighted by Crippen LogP contribution is -2.42. The molecule has 3 rings (SSSR count). The van der Waals surface area contributed by atoms with Crippen LogP contribution >= 0.6 is 0 Å². The maximum atomic E-state index is 11.9. The first-order valence-electron chi connectivity index (χ1n) is 8.20. The van der Waals surface area contributed by atoms with Gasteiger partial charge in [0, 0.05) is 32.1 Å². The Bertz CT molecular complexity index is 556. The zero-order chi connectivity index (χ0) is 15.7. The van der Waals surface area contributed by atoms with Crippen molar-refractivity contribution in [1.29, 1.82) is 0 Å². The second-order valence-corrected chi connectivity index (χ2v) is 7.40. The van der Waals surface area contributed by atoms with E-state index in [2.05, 4.69) is 48.3 Å². The minimum absolute atomic E-state index is 0.0908. The summed E-state index contributed by atoms with van der Waals surface area (Å²) < 4.78 is 0. The van der Waals surface area contributed by atoms with Crippen molar-refractivity contribution in [2.45, 2.75) is 39.3 Å². The summed E-state index contributed by atoms with van der Waals surface area (Å²) in [5.41, 5.74) is 2.91. The molecule has 2 aliphatic rings. The monoisotopic (exact) mass is 302 g/mol. The maximum Gasteiger partial charge on any atom is 0.223 e. The number of nitrogens with one attached hydrogen (secondary N) is 1. The number of hydrogen-bond acceptors (Lipinski definition) is 3. The van der Waals surface area contributed by atoms with Gasteiger partial charge in [-0.15, -0.1) is 0 Å². The van der Waals surface area contributed by atoms with Crippen molar-refractivity contribution in [3.05, 3.63) is 35.4 Å². The van der Waals surface area contributed by atoms with Crippen molar-refractivity contribution in [3.63, 3.8) is 0 Å². The largest absolute Gasteiger partial charge is 0.390 e. The highest BCUT2D eigenvalue weighted by Crippen LogP contribution is 2.51. The lowest BCUT2D eigenvalue weighted by Gasteiger charge is -2.30. The predicted molar refractivity (Wildman–Crippen MR) is 86.3 cm³/mol. The van der Waals surface area contributed by atoms with Crippen LogP contribution in [-0.4, -0.2) is 41.7 Å². The van der Waals surface area contributed by atoms with Gasteiger partial charge in [-0.25, -0.2) is 0 Å². The zero-order valence-electron chi connectivity index (χ0n) is 13.5. The summed E-state index contributed by atoms with van der Waals surface area (Å²) in [7, 11) is 0. The van der Waals surface area contributed by atoms with Crippen LogP contribution < -0.4 is 5.32 Å². The summed E-state index contributed by atoms with van der Waals surface area (Å²) in [6.45, 7) is 7.04. The number of aliphatic hydroxyl groups excluding tert-OH is 1. The molecule has 0 radical (unpaired) electrons. The van der Waals surface area contributed by atoms with E-state index in [9.17, 15) is 9.90 Å². The van der Waals surface area contributed by atoms with Crippen LogP contribution in [0.25, 0.3) is 0 Å². The second kappa shape index (κ2) is 6.01. The Balaban J connectivity index is 1.43. The molecule has 1 aliphatic carbocycles. The molecule has 2 atom stereocenters. The number of carbonyl (C=O) groups is 1. The Hall–Kier alpha value is -1.39. The summed E-state index contributed by atoms with van der Waals surface area (Å²) in [5.74, 6) is 0.217. The van der Waals surface area contributed by atoms with Gasteiger partial charge in [-0.1, -0.05) is 38.1 Å². The Morgan fingerprint density at radius 2 is 2.09 bits per heavy atom. The lowest BCUT2D eigenvalue weighted by atomic mass is 10.00. The second-order valence-electron chi connectivity index (χ2n) is 7.40. The van der Waals surface area contributed by atoms with Crippen molar-refractivity contribution in [3.8, 4) is 0 Å². The molecular formula is C18H26N2O2. The van der Waals surface area contributed by atoms with E-state index in [1.54, 1.807) is 0 Å². The van der Waals surface area contributed by atoms with Gasteiger partial charge in [-0.2, -0.15) is 0 Å². The van der Waals surface area contributed by atoms with Gasteiger partial charge in [0.05, 0.1) is 6.10 Å². The molecule has 2 unspecified atom stereocenters. The average molecular weight is 302 g/mol. The molecular weight excluding hydrogens is 276 g/mol. The lowest BCUT2D eigenvalue weighted by molar-refractivity contribution is -0.123. The fourth-order valence-electron chi connectivity index (χ4n) is 3.33. The summed E-state index contributed by atoms with van der Waals surface area (Å²) >= 11 is 0. The molecule has 1 aromatic carbocycles. The number of β-amino-alcohol motifs (C(OH)–C–C–N with tert-alkyl or cyclic N) is 1. The highest BCUT2D eigenvalue weighted by atomic mass is 16.3. The van der Waals surface area contributed by atoms with E-state index >= 15 is 0 Å². The molecule has 0 aromatic heterocycles. The molecule has 0 bridgehead atoms. The smallest absolute Gasteiger partial charge is 0.223 e. The first-order chi connectivity index (χ1) is 10.5. The van der Waals surface area contributed by atoms with E-state index < -0.39 is 6.10 Å². The number of fused-ring (bicyclic) bond motifs is 1. The molecule has 0 saturated heterocycles. The Morgan fingerprint density at radius 1 is 1.41 bits per heavy atom. The van der Waals surface area contributed by atoms with Crippen molar-refractivity contribution >= 4 is 5.91 Å². The molecule has 4 nitrogen and oxygen atoms in total. The van der Waals surface area contributed by atoms with Crippen LogP contribution in [0.1, 0.15) is 31.4 Å². The van der Waals surface area contributed by atoms with Gasteiger partial charge in [-0.05, 0) is 29.4 Å². The molecule has 1 aliphatic heterocycles. The number of aliphatic hydroxyl groups is 1. The average Bonchev–Trinajstić information content (AvgIpc) is 3.13. The van der Waals surface area contributed by atoms with Crippen LogP contribution in [0.4, 0.5) is 0 Å². The maximum absolute atomic E-state index is 11.9. The molecule has 1 amide bonds. The van der Waals surface area contributed by atoms with E-state index in [1.807, 2.05) is 0 Å². The number of rotatable bonds is 5. The Morgan fingerprint density at radius 3 is 2.77 bits per heavy atom. The van der Waals surface area contributed by atoms with Crippen LogP contribution in [-0.2, 0) is 17.8 Å². The van der Waals surface area contributed by atoms with Crippen molar-refractivity contribution in [2.24, 2.45) is 11.3 Å². The normalized spacial score (nSPS) is 24.4. The van der Waals surface area contributed by atoms with Crippen LogP contribution in [0.2, 0.25) is 0 Å². The molecule has 1 saturated carbocycles. The molecule has 1 fully saturated rings. The summed E-state index contributed by atoms with van der Waals surface area (Å²) in [6, 6.07) is 8.49. The summed E-state index contributed by atoms with van der Waals surface area (Å²) in [6.07, 6.45) is 1.49. The molecule has 1 heterocycles. The fourth-order valence-corrected chi connectivity index (χ4v) is 3.33. The molecule has 0 spiro atoms. The van der Waals surface area contributed by atoms with E-state index in [4.69, 9.17) is 0 Å². The highest BCUT2D eigenvalue weighted by Gasteiger charge is 2.50. The first-order valence-corrected chi connectivity index (χ1v) is 8.20. The number of benzene rings is 1. The number of nitrogens with zero attached hydrogens (tertiary/aromatic N) is 1. The van der Waals surface area contributed by atoms with Crippen molar-refractivity contribution in [2.75, 3.05) is 19.6 Å². The Kier molecular flexibility index (Phi) is 4.24. The van der Waals surface area contributed by atoms with E-state index in [0.717, 1.165) is 25.9 Å². The van der Waals surface area contributed by atoms with Gasteiger partial charge >= 0.3 is 0 Å². The topological polar surface area (TPSA) is 52.6 Å². The third kappa shape index (κ3) is 3.50. The fraction of sp³-hybridized carbons (Fsp3) is 0.611. The minimum Gasteiger partial charge on any atom is -0.390 e. The van der Waals surface area contributed by atoms with Crippen LogP contribution in [0.5, 0.6) is 0 Å². The van der Waals surface area contributed by atoms with Gasteiger partial charge in [0.2, 0.25) is 5.91 Å². The van der Waals surface area contributed by atoms with Gasteiger partial charge in [0.15, 0.2) is 0 Å². The van der Waals surface area contributed by atoms with Gasteiger partial charge in [-0.3, -0.25) is 9.69 Å². The van der Waals surface area contributed by atoms with Gasteiger partial charge in [0.1, 0.15) is 0 Å². The predicted octanol–water partition coefficient (Wildman–Crippen LogP) is 1.57. The first kappa shape index (κ1) is 15.5. The minimum atomic E-state index is -0.504. The van der Waals surface area contributed by atoms with Gasteiger partial charge in [0.25, 0.3) is 0 Å². The van der Waals surface area contributed by atoms with Crippen LogP contribution in [0.15, 0.2) is 24.3 Å². The number of carbonyl (C=O) groups excluding carboxylic acids is 1. The molecule has 22 heavy (non-hydrogen) atoms. The Labute approximate surface area is 132 Å². The van der Waals surface area contributed by atoms with E-state index in [0.29, 0.717) is 13.1 Å². The molecule has 4 heteroatoms. The molecule has 120 valence electrons. The van der Waals surface area contributed by atoms with Gasteiger partial charge < -0.3 is 10.4 Å². The number of amides is 1. The van der Waals surface area contributed by atoms with E-state index in [-0.39, 0.29) is 17.2 Å². The van der Waals surface area contributed by atoms with Crippen molar-refractivity contribution < 1.29 is 9.90 Å². The zero-order valence-corrected chi connectivity index (χ0v) is 13.5.